The first kappa shape index (κ1) is 7.17. The molecule has 0 aliphatic rings. The van der Waals surface area contributed by atoms with Gasteiger partial charge in [0.15, 0.2) is 0 Å². The molecule has 0 aromatic heterocycles. The molecule has 0 aliphatic heterocycles. The molecule has 0 N–H and O–H groups in total. The Morgan fingerprint density at radius 3 is 1.86 bits per heavy atom. The molecule has 0 spiro atoms. The van der Waals surface area contributed by atoms with E-state index in [0.29, 0.717) is 0 Å². The van der Waals surface area contributed by atoms with Crippen molar-refractivity contribution in [2.75, 3.05) is 26.2 Å². The van der Waals surface area contributed by atoms with Crippen molar-refractivity contribution in [3.63, 3.8) is 0 Å². The molecule has 0 rings (SSSR count). The second-order valence-electron chi connectivity index (χ2n) is 3.05. The van der Waals surface area contributed by atoms with Crippen LogP contribution in [0.1, 0.15) is 0 Å². The van der Waals surface area contributed by atoms with Gasteiger partial charge in [0.05, 0.1) is 0 Å². The summed E-state index contributed by atoms with van der Waals surface area (Å²) in [6.45, 7) is 10.7. The third-order valence-corrected chi connectivity index (χ3v) is 2.27. The molecule has 0 fully saturated rings. The van der Waals surface area contributed by atoms with Crippen molar-refractivity contribution in [3.05, 3.63) is 12.7 Å². The average Bonchev–Trinajstić information content (AvgIpc) is 1.30. The summed E-state index contributed by atoms with van der Waals surface area (Å²) in [5.41, 5.74) is 0. The fourth-order valence-corrected chi connectivity index (χ4v) is 1.30. The Balaban J connectivity index is 3.34. The van der Waals surface area contributed by atoms with E-state index in [0.717, 1.165) is 0 Å². The van der Waals surface area contributed by atoms with Crippen molar-refractivity contribution >= 4 is 7.26 Å². The molecule has 0 heterocycles. The minimum absolute atomic E-state index is 0.775. The van der Waals surface area contributed by atoms with Crippen molar-refractivity contribution in [2.24, 2.45) is 0 Å². The molecule has 0 aliphatic carbocycles. The average molecular weight is 118 g/mol. The monoisotopic (exact) mass is 118 g/mol. The van der Waals surface area contributed by atoms with Gasteiger partial charge in [-0.2, -0.15) is 0 Å². The predicted molar refractivity (Wildman–Crippen MR) is 41.2 cm³/mol. The van der Waals surface area contributed by atoms with Crippen LogP contribution in [-0.2, 0) is 0 Å². The van der Waals surface area contributed by atoms with Gasteiger partial charge in [0, 0.05) is 0 Å². The Kier molecular flexibility index (Phi) is 2.53. The zero-order chi connectivity index (χ0) is 5.91. The van der Waals surface area contributed by atoms with E-state index < -0.39 is 7.26 Å². The van der Waals surface area contributed by atoms with Gasteiger partial charge >= 0.3 is 46.1 Å². The van der Waals surface area contributed by atoms with Crippen LogP contribution in [0.4, 0.5) is 0 Å². The zero-order valence-electron chi connectivity index (χ0n) is 5.49. The van der Waals surface area contributed by atoms with Crippen molar-refractivity contribution in [2.45, 2.75) is 0 Å². The Morgan fingerprint density at radius 1 is 1.43 bits per heavy atom. The first-order valence-electron chi connectivity index (χ1n) is 2.67. The quantitative estimate of drug-likeness (QED) is 0.383. The molecule has 44 valence electrons. The van der Waals surface area contributed by atoms with E-state index in [1.165, 1.54) is 6.16 Å². The molecule has 0 aromatic carbocycles. The van der Waals surface area contributed by atoms with E-state index in [4.69, 9.17) is 0 Å². The van der Waals surface area contributed by atoms with Crippen molar-refractivity contribution in [3.8, 4) is 0 Å². The van der Waals surface area contributed by atoms with Crippen LogP contribution in [-0.4, -0.2) is 26.2 Å². The van der Waals surface area contributed by atoms with Gasteiger partial charge < -0.3 is 0 Å². The number of rotatable bonds is 2. The van der Waals surface area contributed by atoms with Gasteiger partial charge in [0.2, 0.25) is 0 Å². The molecule has 0 amide bonds. The standard InChI is InChI=1S/C6H15P/c1-5-6-7(2,3)4/h5,7H,1,6H2,2-4H3. The molecule has 0 nitrogen and oxygen atoms in total. The molecule has 0 bridgehead atoms. The number of hydrogen-bond donors (Lipinski definition) is 0. The summed E-state index contributed by atoms with van der Waals surface area (Å²) in [5, 5.41) is 0. The van der Waals surface area contributed by atoms with Gasteiger partial charge in [0.1, 0.15) is 0 Å². The summed E-state index contributed by atoms with van der Waals surface area (Å²) >= 11 is 0. The van der Waals surface area contributed by atoms with Crippen molar-refractivity contribution in [1.29, 1.82) is 0 Å². The van der Waals surface area contributed by atoms with E-state index in [9.17, 15) is 0 Å². The molecular formula is C6H15P. The Morgan fingerprint density at radius 2 is 1.86 bits per heavy atom. The third-order valence-electron chi connectivity index (χ3n) is 0.757. The van der Waals surface area contributed by atoms with Gasteiger partial charge in [-0.3, -0.25) is 0 Å². The van der Waals surface area contributed by atoms with Crippen LogP contribution in [0.5, 0.6) is 0 Å². The molecule has 0 atom stereocenters. The molecule has 0 saturated carbocycles. The fraction of sp³-hybridized carbons (Fsp3) is 0.667. The van der Waals surface area contributed by atoms with E-state index in [-0.39, 0.29) is 0 Å². The SMILES string of the molecule is C=CC[PH](C)(C)C. The van der Waals surface area contributed by atoms with E-state index in [1.807, 2.05) is 6.08 Å². The van der Waals surface area contributed by atoms with Crippen molar-refractivity contribution in [1.82, 2.24) is 0 Å². The van der Waals surface area contributed by atoms with Crippen molar-refractivity contribution < 1.29 is 0 Å². The van der Waals surface area contributed by atoms with Gasteiger partial charge in [-0.1, -0.05) is 0 Å². The Labute approximate surface area is 47.0 Å². The molecule has 0 radical (unpaired) electrons. The summed E-state index contributed by atoms with van der Waals surface area (Å²) in [5.74, 6) is 0. The van der Waals surface area contributed by atoms with E-state index in [1.54, 1.807) is 0 Å². The first-order valence-corrected chi connectivity index (χ1v) is 6.38. The molecule has 0 unspecified atom stereocenters. The van der Waals surface area contributed by atoms with Gasteiger partial charge in [-0.25, -0.2) is 0 Å². The zero-order valence-corrected chi connectivity index (χ0v) is 6.49. The topological polar surface area (TPSA) is 0 Å². The number of allylic oxidation sites excluding steroid dienone is 1. The van der Waals surface area contributed by atoms with Gasteiger partial charge in [-0.05, 0) is 0 Å². The van der Waals surface area contributed by atoms with Crippen LogP contribution in [0, 0.1) is 0 Å². The molecule has 0 aromatic rings. The Bertz CT molecular complexity index is 59.1. The fourth-order valence-electron chi connectivity index (χ4n) is 0.433. The normalized spacial score (nSPS) is 13.6. The van der Waals surface area contributed by atoms with Gasteiger partial charge in [0.25, 0.3) is 0 Å². The van der Waals surface area contributed by atoms with E-state index >= 15 is 0 Å². The Hall–Kier alpha value is 0.170. The van der Waals surface area contributed by atoms with Crippen LogP contribution in [0.3, 0.4) is 0 Å². The molecule has 0 saturated heterocycles. The predicted octanol–water partition coefficient (Wildman–Crippen LogP) is 1.81. The first-order chi connectivity index (χ1) is 3.06. The summed E-state index contributed by atoms with van der Waals surface area (Å²) in [4.78, 5) is 0. The summed E-state index contributed by atoms with van der Waals surface area (Å²) in [7, 11) is -0.775. The van der Waals surface area contributed by atoms with Crippen LogP contribution < -0.4 is 0 Å². The number of hydrogen-bond acceptors (Lipinski definition) is 0. The van der Waals surface area contributed by atoms with Crippen LogP contribution in [0.2, 0.25) is 0 Å². The molecule has 7 heavy (non-hydrogen) atoms. The summed E-state index contributed by atoms with van der Waals surface area (Å²) < 4.78 is 0. The second-order valence-corrected chi connectivity index (χ2v) is 8.58. The summed E-state index contributed by atoms with van der Waals surface area (Å²) in [6.07, 6.45) is 3.26. The van der Waals surface area contributed by atoms with Crippen LogP contribution >= 0.6 is 7.26 Å². The van der Waals surface area contributed by atoms with E-state index in [2.05, 4.69) is 26.6 Å². The molecule has 1 heteroatoms. The molecular weight excluding hydrogens is 103 g/mol. The maximum atomic E-state index is 3.68. The summed E-state index contributed by atoms with van der Waals surface area (Å²) in [6, 6.07) is 0. The van der Waals surface area contributed by atoms with Crippen LogP contribution in [0.15, 0.2) is 12.7 Å². The van der Waals surface area contributed by atoms with Crippen LogP contribution in [0.25, 0.3) is 0 Å². The van der Waals surface area contributed by atoms with Gasteiger partial charge in [-0.15, -0.1) is 0 Å². The third kappa shape index (κ3) is 6.17. The minimum atomic E-state index is -0.775. The maximum absolute atomic E-state index is 3.68. The second kappa shape index (κ2) is 2.47.